The van der Waals surface area contributed by atoms with Gasteiger partial charge in [-0.15, -0.1) is 0 Å². The van der Waals surface area contributed by atoms with Crippen LogP contribution in [0.15, 0.2) is 42.5 Å². The van der Waals surface area contributed by atoms with Crippen LogP contribution < -0.4 is 4.90 Å². The number of rotatable bonds is 8. The molecule has 1 fully saturated rings. The molecule has 30 heavy (non-hydrogen) atoms. The van der Waals surface area contributed by atoms with Gasteiger partial charge in [-0.2, -0.15) is 0 Å². The predicted molar refractivity (Wildman–Crippen MR) is 121 cm³/mol. The summed E-state index contributed by atoms with van der Waals surface area (Å²) < 4.78 is 12.4. The number of hydrogen-bond acceptors (Lipinski definition) is 5. The van der Waals surface area contributed by atoms with E-state index in [2.05, 4.69) is 26.0 Å². The molecule has 1 saturated heterocycles. The van der Waals surface area contributed by atoms with Gasteiger partial charge in [0.25, 0.3) is 0 Å². The maximum absolute atomic E-state index is 13.2. The van der Waals surface area contributed by atoms with Crippen LogP contribution in [-0.2, 0) is 20.8 Å². The minimum Gasteiger partial charge on any atom is -0.378 e. The summed E-state index contributed by atoms with van der Waals surface area (Å²) in [7, 11) is 0. The minimum absolute atomic E-state index is 0.0274. The molecule has 0 aliphatic carbocycles. The number of carbonyl (C=O) groups is 1. The molecular formula is C24H28N2O3S. The Kier molecular flexibility index (Phi) is 6.77. The van der Waals surface area contributed by atoms with Crippen LogP contribution in [0.1, 0.15) is 36.0 Å². The van der Waals surface area contributed by atoms with Crippen molar-refractivity contribution in [1.29, 1.82) is 0 Å². The summed E-state index contributed by atoms with van der Waals surface area (Å²) >= 11 is 1.58. The molecular weight excluding hydrogens is 396 g/mol. The molecule has 2 heterocycles. The molecule has 0 saturated carbocycles. The van der Waals surface area contributed by atoms with Crippen molar-refractivity contribution in [3.8, 4) is 0 Å². The zero-order valence-electron chi connectivity index (χ0n) is 17.6. The molecule has 6 heteroatoms. The fraction of sp³-hybridized carbons (Fsp3) is 0.417. The minimum atomic E-state index is 0.0274. The molecule has 1 unspecified atom stereocenters. The normalized spacial score (nSPS) is 16.3. The molecule has 4 rings (SSSR count). The third-order valence-electron chi connectivity index (χ3n) is 5.31. The Bertz CT molecular complexity index is 996. The van der Waals surface area contributed by atoms with Crippen LogP contribution in [0.2, 0.25) is 0 Å². The van der Waals surface area contributed by atoms with Gasteiger partial charge >= 0.3 is 0 Å². The number of benzene rings is 2. The first-order valence-electron chi connectivity index (χ1n) is 10.5. The summed E-state index contributed by atoms with van der Waals surface area (Å²) in [6.07, 6.45) is 2.64. The zero-order valence-corrected chi connectivity index (χ0v) is 18.4. The van der Waals surface area contributed by atoms with Crippen LogP contribution in [0.5, 0.6) is 0 Å². The lowest BCUT2D eigenvalue weighted by atomic mass is 10.1. The summed E-state index contributed by atoms with van der Waals surface area (Å²) in [6, 6.07) is 14.3. The number of ether oxygens (including phenoxy) is 2. The average Bonchev–Trinajstić information content (AvgIpc) is 3.40. The number of amides is 1. The van der Waals surface area contributed by atoms with Gasteiger partial charge in [-0.05, 0) is 49.4 Å². The van der Waals surface area contributed by atoms with Crippen molar-refractivity contribution in [1.82, 2.24) is 4.98 Å². The number of nitrogens with zero attached hydrogens (tertiary/aromatic N) is 2. The number of thiazole rings is 1. The highest BCUT2D eigenvalue weighted by Crippen LogP contribution is 2.33. The number of aryl methyl sites for hydroxylation is 2. The molecule has 2 aromatic carbocycles. The standard InChI is InChI=1S/C24H28N2O3S/c1-17-13-18(2)23-21(14-17)25-24(30-23)26(15-19-7-4-3-5-8-19)22(27)10-12-28-16-20-9-6-11-29-20/h3-5,7-8,13-14,20H,6,9-12,15-16H2,1-2H3. The van der Waals surface area contributed by atoms with E-state index in [1.54, 1.807) is 16.2 Å². The lowest BCUT2D eigenvalue weighted by molar-refractivity contribution is -0.120. The molecule has 0 radical (unpaired) electrons. The number of anilines is 1. The quantitative estimate of drug-likeness (QED) is 0.476. The van der Waals surface area contributed by atoms with E-state index in [-0.39, 0.29) is 12.0 Å². The van der Waals surface area contributed by atoms with Crippen molar-refractivity contribution < 1.29 is 14.3 Å². The van der Waals surface area contributed by atoms with E-state index in [0.717, 1.165) is 40.4 Å². The van der Waals surface area contributed by atoms with Gasteiger partial charge in [0.1, 0.15) is 0 Å². The summed E-state index contributed by atoms with van der Waals surface area (Å²) in [4.78, 5) is 19.8. The second-order valence-corrected chi connectivity index (χ2v) is 8.83. The van der Waals surface area contributed by atoms with E-state index in [0.29, 0.717) is 26.2 Å². The maximum atomic E-state index is 13.2. The Morgan fingerprint density at radius 1 is 1.27 bits per heavy atom. The molecule has 1 aliphatic heterocycles. The molecule has 1 amide bonds. The molecule has 0 spiro atoms. The summed E-state index contributed by atoms with van der Waals surface area (Å²) in [6.45, 7) is 6.44. The number of fused-ring (bicyclic) bond motifs is 1. The molecule has 1 atom stereocenters. The van der Waals surface area contributed by atoms with Crippen LogP contribution in [0.4, 0.5) is 5.13 Å². The van der Waals surface area contributed by atoms with E-state index in [4.69, 9.17) is 14.5 Å². The van der Waals surface area contributed by atoms with E-state index in [1.165, 1.54) is 11.1 Å². The lowest BCUT2D eigenvalue weighted by Gasteiger charge is -2.20. The summed E-state index contributed by atoms with van der Waals surface area (Å²) in [5, 5.41) is 0.742. The maximum Gasteiger partial charge on any atom is 0.231 e. The van der Waals surface area contributed by atoms with E-state index in [1.807, 2.05) is 30.3 Å². The highest BCUT2D eigenvalue weighted by Gasteiger charge is 2.21. The third kappa shape index (κ3) is 5.06. The van der Waals surface area contributed by atoms with Crippen LogP contribution >= 0.6 is 11.3 Å². The van der Waals surface area contributed by atoms with E-state index < -0.39 is 0 Å². The molecule has 3 aromatic rings. The van der Waals surface area contributed by atoms with Crippen molar-refractivity contribution in [2.24, 2.45) is 0 Å². The Balaban J connectivity index is 1.50. The van der Waals surface area contributed by atoms with Gasteiger partial charge in [0, 0.05) is 6.61 Å². The Morgan fingerprint density at radius 3 is 2.87 bits per heavy atom. The smallest absolute Gasteiger partial charge is 0.231 e. The lowest BCUT2D eigenvalue weighted by Crippen LogP contribution is -2.31. The van der Waals surface area contributed by atoms with E-state index >= 15 is 0 Å². The van der Waals surface area contributed by atoms with Gasteiger partial charge in [0.15, 0.2) is 5.13 Å². The van der Waals surface area contributed by atoms with Crippen molar-refractivity contribution in [3.63, 3.8) is 0 Å². The summed E-state index contributed by atoms with van der Waals surface area (Å²) in [5.41, 5.74) is 4.41. The van der Waals surface area contributed by atoms with Crippen molar-refractivity contribution in [2.45, 2.75) is 45.8 Å². The fourth-order valence-electron chi connectivity index (χ4n) is 3.79. The molecule has 158 valence electrons. The van der Waals surface area contributed by atoms with Gasteiger partial charge in [-0.3, -0.25) is 9.69 Å². The Morgan fingerprint density at radius 2 is 2.10 bits per heavy atom. The molecule has 0 N–H and O–H groups in total. The topological polar surface area (TPSA) is 51.7 Å². The Hall–Kier alpha value is -2.28. The van der Waals surface area contributed by atoms with Gasteiger partial charge in [-0.1, -0.05) is 47.7 Å². The van der Waals surface area contributed by atoms with Crippen molar-refractivity contribution >= 4 is 32.6 Å². The van der Waals surface area contributed by atoms with Crippen molar-refractivity contribution in [2.75, 3.05) is 24.7 Å². The summed E-state index contributed by atoms with van der Waals surface area (Å²) in [5.74, 6) is 0.0274. The van der Waals surface area contributed by atoms with Gasteiger partial charge < -0.3 is 9.47 Å². The SMILES string of the molecule is Cc1cc(C)c2sc(N(Cc3ccccc3)C(=O)CCOCC3CCCO3)nc2c1. The number of hydrogen-bond donors (Lipinski definition) is 0. The second-order valence-electron chi connectivity index (χ2n) is 7.85. The average molecular weight is 425 g/mol. The number of carbonyl (C=O) groups excluding carboxylic acids is 1. The predicted octanol–water partition coefficient (Wildman–Crippen LogP) is 5.03. The van der Waals surface area contributed by atoms with Crippen LogP contribution in [-0.4, -0.2) is 36.8 Å². The first-order valence-corrected chi connectivity index (χ1v) is 11.3. The monoisotopic (exact) mass is 424 g/mol. The van der Waals surface area contributed by atoms with Crippen LogP contribution in [0.25, 0.3) is 10.2 Å². The van der Waals surface area contributed by atoms with Crippen LogP contribution in [0, 0.1) is 13.8 Å². The van der Waals surface area contributed by atoms with Gasteiger partial charge in [-0.25, -0.2) is 4.98 Å². The largest absolute Gasteiger partial charge is 0.378 e. The molecule has 1 aliphatic rings. The van der Waals surface area contributed by atoms with Crippen LogP contribution in [0.3, 0.4) is 0 Å². The highest BCUT2D eigenvalue weighted by atomic mass is 32.1. The molecule has 5 nitrogen and oxygen atoms in total. The van der Waals surface area contributed by atoms with Crippen molar-refractivity contribution in [3.05, 3.63) is 59.2 Å². The Labute approximate surface area is 181 Å². The zero-order chi connectivity index (χ0) is 20.9. The first kappa shape index (κ1) is 21.0. The number of aromatic nitrogens is 1. The fourth-order valence-corrected chi connectivity index (χ4v) is 4.83. The van der Waals surface area contributed by atoms with Gasteiger partial charge in [0.2, 0.25) is 5.91 Å². The highest BCUT2D eigenvalue weighted by molar-refractivity contribution is 7.22. The third-order valence-corrected chi connectivity index (χ3v) is 6.54. The van der Waals surface area contributed by atoms with Gasteiger partial charge in [0.05, 0.1) is 42.5 Å². The first-order chi connectivity index (χ1) is 14.6. The molecule has 1 aromatic heterocycles. The second kappa shape index (κ2) is 9.69. The molecule has 0 bridgehead atoms. The van der Waals surface area contributed by atoms with E-state index in [9.17, 15) is 4.79 Å².